The predicted molar refractivity (Wildman–Crippen MR) is 131 cm³/mol. The summed E-state index contributed by atoms with van der Waals surface area (Å²) in [6.45, 7) is 0.106. The summed E-state index contributed by atoms with van der Waals surface area (Å²) in [5, 5.41) is 5.33. The van der Waals surface area contributed by atoms with Crippen molar-refractivity contribution in [3.63, 3.8) is 0 Å². The van der Waals surface area contributed by atoms with Crippen LogP contribution in [-0.4, -0.2) is 17.2 Å². The van der Waals surface area contributed by atoms with Gasteiger partial charge in [-0.2, -0.15) is 13.2 Å². The standard InChI is InChI=1S/C23H16Cl4F3N3O/c24-17-9-13(4-6-14(17)12-32-22(34)33-20-3-1-2-8-31-20)5-7-16(23(28,29)30)15-10-18(25)21(27)19(26)11-15/h1-11,16H,12H2,(H2,31,32,33,34)/b7-5+. The van der Waals surface area contributed by atoms with Crippen LogP contribution in [0.15, 0.2) is 60.8 Å². The summed E-state index contributed by atoms with van der Waals surface area (Å²) in [6, 6.07) is 11.6. The maximum atomic E-state index is 13.7. The number of hydrogen-bond acceptors (Lipinski definition) is 2. The van der Waals surface area contributed by atoms with Crippen LogP contribution in [0.5, 0.6) is 0 Å². The average molecular weight is 549 g/mol. The number of halogens is 7. The Bertz CT molecular complexity index is 1180. The molecule has 0 bridgehead atoms. The van der Waals surface area contributed by atoms with E-state index in [-0.39, 0.29) is 32.2 Å². The number of anilines is 1. The number of rotatable bonds is 6. The molecule has 2 amide bonds. The van der Waals surface area contributed by atoms with E-state index in [1.807, 2.05) is 0 Å². The highest BCUT2D eigenvalue weighted by molar-refractivity contribution is 6.48. The van der Waals surface area contributed by atoms with Gasteiger partial charge in [0.2, 0.25) is 0 Å². The number of allylic oxidation sites excluding steroid dienone is 1. The molecule has 0 aliphatic carbocycles. The molecule has 0 saturated carbocycles. The molecule has 34 heavy (non-hydrogen) atoms. The number of urea groups is 1. The van der Waals surface area contributed by atoms with Gasteiger partial charge in [-0.3, -0.25) is 5.32 Å². The van der Waals surface area contributed by atoms with Crippen molar-refractivity contribution in [2.24, 2.45) is 0 Å². The van der Waals surface area contributed by atoms with E-state index < -0.39 is 18.1 Å². The molecule has 0 spiro atoms. The predicted octanol–water partition coefficient (Wildman–Crippen LogP) is 8.38. The fourth-order valence-corrected chi connectivity index (χ4v) is 3.82. The fourth-order valence-electron chi connectivity index (χ4n) is 2.95. The van der Waals surface area contributed by atoms with Crippen LogP contribution in [0, 0.1) is 0 Å². The third-order valence-electron chi connectivity index (χ3n) is 4.62. The van der Waals surface area contributed by atoms with Crippen molar-refractivity contribution < 1.29 is 18.0 Å². The number of carbonyl (C=O) groups excluding carboxylic acids is 1. The zero-order valence-corrected chi connectivity index (χ0v) is 20.2. The zero-order valence-electron chi connectivity index (χ0n) is 17.1. The zero-order chi connectivity index (χ0) is 24.9. The molecule has 2 N–H and O–H groups in total. The lowest BCUT2D eigenvalue weighted by molar-refractivity contribution is -0.139. The molecule has 1 heterocycles. The number of alkyl halides is 3. The molecule has 1 aromatic heterocycles. The lowest BCUT2D eigenvalue weighted by atomic mass is 9.97. The largest absolute Gasteiger partial charge is 0.399 e. The number of aromatic nitrogens is 1. The molecule has 0 aliphatic rings. The van der Waals surface area contributed by atoms with Gasteiger partial charge in [0.1, 0.15) is 5.82 Å². The van der Waals surface area contributed by atoms with Crippen molar-refractivity contribution in [2.75, 3.05) is 5.32 Å². The van der Waals surface area contributed by atoms with Crippen LogP contribution in [-0.2, 0) is 6.54 Å². The summed E-state index contributed by atoms with van der Waals surface area (Å²) in [5.74, 6) is -1.58. The van der Waals surface area contributed by atoms with Gasteiger partial charge in [-0.05, 0) is 47.0 Å². The highest BCUT2D eigenvalue weighted by Gasteiger charge is 2.39. The Hall–Kier alpha value is -2.45. The number of pyridine rings is 1. The van der Waals surface area contributed by atoms with Gasteiger partial charge in [-0.25, -0.2) is 9.78 Å². The van der Waals surface area contributed by atoms with Crippen LogP contribution in [0.1, 0.15) is 22.6 Å². The van der Waals surface area contributed by atoms with E-state index in [0.717, 1.165) is 18.2 Å². The molecule has 3 rings (SSSR count). The molecule has 1 atom stereocenters. The second-order valence-electron chi connectivity index (χ2n) is 7.05. The number of hydrogen-bond donors (Lipinski definition) is 2. The quantitative estimate of drug-likeness (QED) is 0.304. The van der Waals surface area contributed by atoms with Gasteiger partial charge in [0.25, 0.3) is 0 Å². The van der Waals surface area contributed by atoms with Gasteiger partial charge in [-0.15, -0.1) is 0 Å². The first-order valence-electron chi connectivity index (χ1n) is 9.68. The monoisotopic (exact) mass is 547 g/mol. The Balaban J connectivity index is 1.71. The van der Waals surface area contributed by atoms with E-state index in [9.17, 15) is 18.0 Å². The number of nitrogens with zero attached hydrogens (tertiary/aromatic N) is 1. The number of benzene rings is 2. The Morgan fingerprint density at radius 1 is 1.00 bits per heavy atom. The molecule has 0 fully saturated rings. The van der Waals surface area contributed by atoms with Gasteiger partial charge in [0, 0.05) is 17.8 Å². The first-order valence-corrected chi connectivity index (χ1v) is 11.2. The first-order chi connectivity index (χ1) is 16.0. The van der Waals surface area contributed by atoms with E-state index in [1.165, 1.54) is 18.3 Å². The Kier molecular flexibility index (Phi) is 8.71. The van der Waals surface area contributed by atoms with Crippen LogP contribution >= 0.6 is 46.4 Å². The van der Waals surface area contributed by atoms with Crippen molar-refractivity contribution in [1.82, 2.24) is 10.3 Å². The average Bonchev–Trinajstić information content (AvgIpc) is 2.76. The molecule has 0 aliphatic heterocycles. The Labute approximate surface area is 213 Å². The van der Waals surface area contributed by atoms with Gasteiger partial charge in [0.15, 0.2) is 0 Å². The van der Waals surface area contributed by atoms with E-state index >= 15 is 0 Å². The van der Waals surface area contributed by atoms with Crippen molar-refractivity contribution in [3.8, 4) is 0 Å². The summed E-state index contributed by atoms with van der Waals surface area (Å²) >= 11 is 23.9. The van der Waals surface area contributed by atoms with E-state index in [1.54, 1.807) is 30.3 Å². The number of nitrogens with one attached hydrogen (secondary N) is 2. The molecule has 0 saturated heterocycles. The van der Waals surface area contributed by atoms with E-state index in [0.29, 0.717) is 16.9 Å². The number of carbonyl (C=O) groups is 1. The third kappa shape index (κ3) is 7.03. The van der Waals surface area contributed by atoms with Crippen LogP contribution in [0.4, 0.5) is 23.8 Å². The summed E-state index contributed by atoms with van der Waals surface area (Å²) in [4.78, 5) is 16.0. The van der Waals surface area contributed by atoms with Crippen LogP contribution in [0.2, 0.25) is 20.1 Å². The molecule has 1 unspecified atom stereocenters. The van der Waals surface area contributed by atoms with Gasteiger partial charge in [-0.1, -0.05) is 76.8 Å². The molecule has 4 nitrogen and oxygen atoms in total. The summed E-state index contributed by atoms with van der Waals surface area (Å²) in [7, 11) is 0. The topological polar surface area (TPSA) is 54.0 Å². The molecule has 178 valence electrons. The third-order valence-corrected chi connectivity index (χ3v) is 6.17. The normalized spacial score (nSPS) is 12.6. The second kappa shape index (κ2) is 11.3. The van der Waals surface area contributed by atoms with Gasteiger partial charge >= 0.3 is 12.2 Å². The molecule has 2 aromatic carbocycles. The highest BCUT2D eigenvalue weighted by atomic mass is 35.5. The molecule has 3 aromatic rings. The summed E-state index contributed by atoms with van der Waals surface area (Å²) in [6.07, 6.45) is -0.769. The minimum Gasteiger partial charge on any atom is -0.334 e. The van der Waals surface area contributed by atoms with Crippen LogP contribution in [0.3, 0.4) is 0 Å². The Morgan fingerprint density at radius 2 is 1.71 bits per heavy atom. The van der Waals surface area contributed by atoms with Gasteiger partial charge in [0.05, 0.1) is 21.0 Å². The minimum atomic E-state index is -4.59. The molecular formula is C23H16Cl4F3N3O. The van der Waals surface area contributed by atoms with Gasteiger partial charge < -0.3 is 5.32 Å². The smallest absolute Gasteiger partial charge is 0.334 e. The lowest BCUT2D eigenvalue weighted by Crippen LogP contribution is -2.28. The first kappa shape index (κ1) is 26.2. The second-order valence-corrected chi connectivity index (χ2v) is 8.65. The highest BCUT2D eigenvalue weighted by Crippen LogP contribution is 2.41. The molecular weight excluding hydrogens is 533 g/mol. The SMILES string of the molecule is O=C(NCc1ccc(/C=C/C(c2cc(Cl)c(Cl)c(Cl)c2)C(F)(F)F)cc1Cl)Nc1ccccn1. The lowest BCUT2D eigenvalue weighted by Gasteiger charge is -2.18. The van der Waals surface area contributed by atoms with E-state index in [4.69, 9.17) is 46.4 Å². The molecule has 11 heteroatoms. The summed E-state index contributed by atoms with van der Waals surface area (Å²) in [5.41, 5.74) is 0.875. The van der Waals surface area contributed by atoms with Crippen molar-refractivity contribution in [3.05, 3.63) is 97.6 Å². The summed E-state index contributed by atoms with van der Waals surface area (Å²) < 4.78 is 41.1. The maximum absolute atomic E-state index is 13.7. The van der Waals surface area contributed by atoms with Crippen molar-refractivity contribution in [1.29, 1.82) is 0 Å². The van der Waals surface area contributed by atoms with E-state index in [2.05, 4.69) is 15.6 Å². The van der Waals surface area contributed by atoms with Crippen LogP contribution < -0.4 is 10.6 Å². The van der Waals surface area contributed by atoms with Crippen molar-refractivity contribution in [2.45, 2.75) is 18.6 Å². The molecule has 0 radical (unpaired) electrons. The Morgan fingerprint density at radius 3 is 2.29 bits per heavy atom. The maximum Gasteiger partial charge on any atom is 0.399 e. The number of amides is 2. The van der Waals surface area contributed by atoms with Crippen molar-refractivity contribution >= 4 is 64.3 Å². The van der Waals surface area contributed by atoms with Crippen LogP contribution in [0.25, 0.3) is 6.08 Å². The fraction of sp³-hybridized carbons (Fsp3) is 0.130. The minimum absolute atomic E-state index is 0.0123.